The number of ether oxygens (including phenoxy) is 1. The Morgan fingerprint density at radius 2 is 2.50 bits per heavy atom. The number of methoxy groups -OCH3 is 1. The Kier molecular flexibility index (Phi) is 3.40. The molecule has 2 fully saturated rings. The maximum absolute atomic E-state index is 9.91. The minimum atomic E-state index is -0.172. The number of likely N-dealkylation sites (tertiary alicyclic amines) is 1. The summed E-state index contributed by atoms with van der Waals surface area (Å²) in [5.41, 5.74) is 2.98. The standard InChI is InChI=1S/C13H20N2O2S/c1-17-13-3-2-11(16)6-12(13)15(5-4-13)7-10-8-18-9-14-10/h8-9,11-12,16H,2-7H2,1H3/t11-,12+,13-/m1/s1. The Labute approximate surface area is 112 Å². The summed E-state index contributed by atoms with van der Waals surface area (Å²) in [5, 5.41) is 12.0. The van der Waals surface area contributed by atoms with Gasteiger partial charge in [0.25, 0.3) is 0 Å². The number of nitrogens with zero attached hydrogens (tertiary/aromatic N) is 2. The van der Waals surface area contributed by atoms with Gasteiger partial charge in [-0.05, 0) is 25.7 Å². The summed E-state index contributed by atoms with van der Waals surface area (Å²) < 4.78 is 5.83. The van der Waals surface area contributed by atoms with Gasteiger partial charge < -0.3 is 9.84 Å². The highest BCUT2D eigenvalue weighted by molar-refractivity contribution is 7.07. The van der Waals surface area contributed by atoms with Crippen LogP contribution >= 0.6 is 11.3 Å². The third kappa shape index (κ3) is 2.09. The summed E-state index contributed by atoms with van der Waals surface area (Å²) in [4.78, 5) is 6.79. The van der Waals surface area contributed by atoms with Crippen molar-refractivity contribution >= 4 is 11.3 Å². The highest BCUT2D eigenvalue weighted by Crippen LogP contribution is 2.42. The first kappa shape index (κ1) is 12.5. The normalized spacial score (nSPS) is 36.8. The summed E-state index contributed by atoms with van der Waals surface area (Å²) in [6.07, 6.45) is 3.58. The second-order valence-electron chi connectivity index (χ2n) is 5.41. The first-order valence-corrected chi connectivity index (χ1v) is 7.52. The van der Waals surface area contributed by atoms with Crippen LogP contribution in [0.2, 0.25) is 0 Å². The fraction of sp³-hybridized carbons (Fsp3) is 0.769. The highest BCUT2D eigenvalue weighted by atomic mass is 32.1. The van der Waals surface area contributed by atoms with Gasteiger partial charge in [-0.1, -0.05) is 0 Å². The second-order valence-corrected chi connectivity index (χ2v) is 6.13. The fourth-order valence-corrected chi connectivity index (χ4v) is 4.03. The van der Waals surface area contributed by atoms with Crippen molar-refractivity contribution in [2.45, 2.75) is 50.0 Å². The SMILES string of the molecule is CO[C@@]12CC[C@@H](O)C[C@@H]1N(Cc1cscn1)CC2. The molecule has 1 aromatic heterocycles. The van der Waals surface area contributed by atoms with Crippen LogP contribution in [0.15, 0.2) is 10.9 Å². The lowest BCUT2D eigenvalue weighted by Crippen LogP contribution is -2.51. The minimum Gasteiger partial charge on any atom is -0.393 e. The van der Waals surface area contributed by atoms with Crippen LogP contribution in [0.5, 0.6) is 0 Å². The molecule has 1 aromatic rings. The van der Waals surface area contributed by atoms with E-state index in [1.54, 1.807) is 11.3 Å². The number of aromatic nitrogens is 1. The molecule has 2 heterocycles. The lowest BCUT2D eigenvalue weighted by Gasteiger charge is -2.42. The molecule has 3 atom stereocenters. The van der Waals surface area contributed by atoms with Crippen molar-refractivity contribution in [1.29, 1.82) is 0 Å². The molecule has 0 aromatic carbocycles. The highest BCUT2D eigenvalue weighted by Gasteiger charge is 2.50. The Balaban J connectivity index is 1.76. The Hall–Kier alpha value is -0.490. The number of thiazole rings is 1. The predicted octanol–water partition coefficient (Wildman–Crippen LogP) is 1.65. The molecule has 1 saturated carbocycles. The molecule has 0 spiro atoms. The number of aliphatic hydroxyl groups is 1. The van der Waals surface area contributed by atoms with Crippen molar-refractivity contribution in [3.63, 3.8) is 0 Å². The zero-order chi connectivity index (χ0) is 12.6. The molecule has 5 heteroatoms. The van der Waals surface area contributed by atoms with E-state index >= 15 is 0 Å². The molecule has 1 N–H and O–H groups in total. The molecule has 100 valence electrons. The molecule has 3 rings (SSSR count). The van der Waals surface area contributed by atoms with Crippen molar-refractivity contribution in [2.24, 2.45) is 0 Å². The van der Waals surface area contributed by atoms with Crippen LogP contribution in [0.1, 0.15) is 31.4 Å². The topological polar surface area (TPSA) is 45.6 Å². The van der Waals surface area contributed by atoms with Gasteiger partial charge in [0.1, 0.15) is 0 Å². The molecule has 0 bridgehead atoms. The zero-order valence-corrected chi connectivity index (χ0v) is 11.5. The molecular formula is C13H20N2O2S. The van der Waals surface area contributed by atoms with Gasteiger partial charge in [0.2, 0.25) is 0 Å². The molecule has 2 aliphatic rings. The van der Waals surface area contributed by atoms with Crippen LogP contribution in [0, 0.1) is 0 Å². The van der Waals surface area contributed by atoms with Crippen LogP contribution in [0.3, 0.4) is 0 Å². The summed E-state index contributed by atoms with van der Waals surface area (Å²) in [6, 6.07) is 0.341. The summed E-state index contributed by atoms with van der Waals surface area (Å²) >= 11 is 1.64. The number of hydrogen-bond acceptors (Lipinski definition) is 5. The third-order valence-corrected chi connectivity index (χ3v) is 5.16. The van der Waals surface area contributed by atoms with E-state index in [1.165, 1.54) is 0 Å². The van der Waals surface area contributed by atoms with Crippen LogP contribution in [-0.2, 0) is 11.3 Å². The number of rotatable bonds is 3. The Morgan fingerprint density at radius 3 is 3.22 bits per heavy atom. The first-order valence-electron chi connectivity index (χ1n) is 6.58. The van der Waals surface area contributed by atoms with Crippen molar-refractivity contribution in [3.8, 4) is 0 Å². The van der Waals surface area contributed by atoms with Gasteiger partial charge in [-0.15, -0.1) is 11.3 Å². The Bertz CT molecular complexity index is 398. The summed E-state index contributed by atoms with van der Waals surface area (Å²) in [7, 11) is 1.82. The number of fused-ring (bicyclic) bond motifs is 1. The van der Waals surface area contributed by atoms with E-state index in [0.29, 0.717) is 6.04 Å². The number of hydrogen-bond donors (Lipinski definition) is 1. The van der Waals surface area contributed by atoms with E-state index < -0.39 is 0 Å². The quantitative estimate of drug-likeness (QED) is 0.905. The maximum Gasteiger partial charge on any atom is 0.0847 e. The van der Waals surface area contributed by atoms with Gasteiger partial charge >= 0.3 is 0 Å². The van der Waals surface area contributed by atoms with Gasteiger partial charge in [-0.3, -0.25) is 4.90 Å². The largest absolute Gasteiger partial charge is 0.393 e. The lowest BCUT2D eigenvalue weighted by molar-refractivity contribution is -0.0880. The molecule has 1 aliphatic heterocycles. The molecular weight excluding hydrogens is 248 g/mol. The fourth-order valence-electron chi connectivity index (χ4n) is 3.48. The average molecular weight is 268 g/mol. The van der Waals surface area contributed by atoms with Crippen LogP contribution < -0.4 is 0 Å². The van der Waals surface area contributed by atoms with Crippen molar-refractivity contribution < 1.29 is 9.84 Å². The second kappa shape index (κ2) is 4.89. The zero-order valence-electron chi connectivity index (χ0n) is 10.7. The number of aliphatic hydroxyl groups excluding tert-OH is 1. The van der Waals surface area contributed by atoms with Crippen molar-refractivity contribution in [3.05, 3.63) is 16.6 Å². The van der Waals surface area contributed by atoms with Crippen LogP contribution in [0.25, 0.3) is 0 Å². The van der Waals surface area contributed by atoms with Gasteiger partial charge in [0.15, 0.2) is 0 Å². The smallest absolute Gasteiger partial charge is 0.0847 e. The lowest BCUT2D eigenvalue weighted by atomic mass is 9.79. The van der Waals surface area contributed by atoms with E-state index in [0.717, 1.165) is 44.5 Å². The van der Waals surface area contributed by atoms with E-state index in [1.807, 2.05) is 12.6 Å². The third-order valence-electron chi connectivity index (χ3n) is 4.52. The molecule has 4 nitrogen and oxygen atoms in total. The monoisotopic (exact) mass is 268 g/mol. The van der Waals surface area contributed by atoms with Gasteiger partial charge in [0.05, 0.1) is 22.9 Å². The van der Waals surface area contributed by atoms with E-state index in [-0.39, 0.29) is 11.7 Å². The van der Waals surface area contributed by atoms with E-state index in [2.05, 4.69) is 15.3 Å². The van der Waals surface area contributed by atoms with Gasteiger partial charge in [-0.2, -0.15) is 0 Å². The molecule has 0 amide bonds. The first-order chi connectivity index (χ1) is 8.73. The van der Waals surface area contributed by atoms with Crippen LogP contribution in [0.4, 0.5) is 0 Å². The molecule has 0 radical (unpaired) electrons. The van der Waals surface area contributed by atoms with Crippen LogP contribution in [-0.4, -0.2) is 46.4 Å². The van der Waals surface area contributed by atoms with Crippen molar-refractivity contribution in [1.82, 2.24) is 9.88 Å². The van der Waals surface area contributed by atoms with E-state index in [4.69, 9.17) is 4.74 Å². The summed E-state index contributed by atoms with van der Waals surface area (Å²) in [6.45, 7) is 1.93. The molecule has 1 aliphatic carbocycles. The minimum absolute atomic E-state index is 0.0325. The van der Waals surface area contributed by atoms with E-state index in [9.17, 15) is 5.11 Å². The predicted molar refractivity (Wildman–Crippen MR) is 70.5 cm³/mol. The Morgan fingerprint density at radius 1 is 1.61 bits per heavy atom. The molecule has 0 unspecified atom stereocenters. The van der Waals surface area contributed by atoms with Gasteiger partial charge in [-0.25, -0.2) is 4.98 Å². The molecule has 18 heavy (non-hydrogen) atoms. The van der Waals surface area contributed by atoms with Gasteiger partial charge in [0, 0.05) is 31.6 Å². The average Bonchev–Trinajstić information content (AvgIpc) is 3.00. The summed E-state index contributed by atoms with van der Waals surface area (Å²) in [5.74, 6) is 0. The van der Waals surface area contributed by atoms with Crippen molar-refractivity contribution in [2.75, 3.05) is 13.7 Å². The molecule has 1 saturated heterocycles. The maximum atomic E-state index is 9.91.